The highest BCUT2D eigenvalue weighted by molar-refractivity contribution is 7.88. The summed E-state index contributed by atoms with van der Waals surface area (Å²) in [5, 5.41) is 6.40. The second kappa shape index (κ2) is 10.9. The molecule has 0 amide bonds. The molecule has 0 heterocycles. The summed E-state index contributed by atoms with van der Waals surface area (Å²) in [7, 11) is -3.41. The standard InChI is InChI=1S/C21H29FN4O2S/c1-4-23-21(24-13-17-9-11-20(22)12-10-17)25-14-18-7-5-6-8-19(18)15-29(27,28)26-16(2)3/h5-12,16,26H,4,13-15H2,1-3H3,(H2,23,24,25). The Hall–Kier alpha value is -2.45. The number of rotatable bonds is 9. The number of benzene rings is 2. The molecule has 0 bridgehead atoms. The molecule has 0 radical (unpaired) electrons. The van der Waals surface area contributed by atoms with Crippen LogP contribution in [0.5, 0.6) is 0 Å². The van der Waals surface area contributed by atoms with Crippen LogP contribution in [-0.4, -0.2) is 27.0 Å². The Balaban J connectivity index is 2.07. The van der Waals surface area contributed by atoms with Gasteiger partial charge in [-0.25, -0.2) is 22.5 Å². The van der Waals surface area contributed by atoms with Crippen LogP contribution in [0.1, 0.15) is 37.5 Å². The molecule has 0 aliphatic rings. The maximum absolute atomic E-state index is 13.0. The fourth-order valence-electron chi connectivity index (χ4n) is 2.76. The summed E-state index contributed by atoms with van der Waals surface area (Å²) < 4.78 is 40.2. The molecule has 0 aliphatic carbocycles. The molecule has 0 saturated heterocycles. The van der Waals surface area contributed by atoms with Crippen molar-refractivity contribution < 1.29 is 12.8 Å². The van der Waals surface area contributed by atoms with E-state index < -0.39 is 10.0 Å². The number of sulfonamides is 1. The van der Waals surface area contributed by atoms with Crippen molar-refractivity contribution in [2.75, 3.05) is 6.54 Å². The highest BCUT2D eigenvalue weighted by Crippen LogP contribution is 2.12. The molecular formula is C21H29FN4O2S. The molecule has 0 unspecified atom stereocenters. The van der Waals surface area contributed by atoms with Gasteiger partial charge in [0.15, 0.2) is 5.96 Å². The zero-order chi connectivity index (χ0) is 21.3. The lowest BCUT2D eigenvalue weighted by molar-refractivity contribution is 0.568. The second-order valence-electron chi connectivity index (χ2n) is 6.98. The minimum Gasteiger partial charge on any atom is -0.357 e. The van der Waals surface area contributed by atoms with Gasteiger partial charge in [-0.15, -0.1) is 0 Å². The van der Waals surface area contributed by atoms with Gasteiger partial charge in [-0.2, -0.15) is 0 Å². The van der Waals surface area contributed by atoms with Crippen molar-refractivity contribution in [3.05, 3.63) is 71.0 Å². The van der Waals surface area contributed by atoms with Gasteiger partial charge in [0.25, 0.3) is 0 Å². The molecule has 2 rings (SSSR count). The number of nitrogens with zero attached hydrogens (tertiary/aromatic N) is 1. The zero-order valence-corrected chi connectivity index (χ0v) is 17.9. The topological polar surface area (TPSA) is 82.6 Å². The molecule has 2 aromatic carbocycles. The van der Waals surface area contributed by atoms with Gasteiger partial charge in [-0.05, 0) is 49.6 Å². The Morgan fingerprint density at radius 2 is 1.69 bits per heavy atom. The van der Waals surface area contributed by atoms with Crippen LogP contribution in [0.25, 0.3) is 0 Å². The summed E-state index contributed by atoms with van der Waals surface area (Å²) in [5.74, 6) is 0.253. The Morgan fingerprint density at radius 3 is 2.31 bits per heavy atom. The van der Waals surface area contributed by atoms with E-state index in [-0.39, 0.29) is 17.6 Å². The fourth-order valence-corrected chi connectivity index (χ4v) is 4.25. The molecule has 0 saturated carbocycles. The third kappa shape index (κ3) is 8.21. The van der Waals surface area contributed by atoms with Crippen LogP contribution in [0.2, 0.25) is 0 Å². The van der Waals surface area contributed by atoms with Crippen molar-refractivity contribution in [3.63, 3.8) is 0 Å². The molecule has 0 aliphatic heterocycles. The Kier molecular flexibility index (Phi) is 8.60. The monoisotopic (exact) mass is 420 g/mol. The van der Waals surface area contributed by atoms with E-state index in [4.69, 9.17) is 0 Å². The maximum atomic E-state index is 13.0. The predicted octanol–water partition coefficient (Wildman–Crippen LogP) is 2.91. The van der Waals surface area contributed by atoms with Crippen LogP contribution in [-0.2, 0) is 28.9 Å². The van der Waals surface area contributed by atoms with E-state index in [0.29, 0.717) is 25.6 Å². The van der Waals surface area contributed by atoms with E-state index in [1.165, 1.54) is 12.1 Å². The third-order valence-corrected chi connectivity index (χ3v) is 5.52. The van der Waals surface area contributed by atoms with Gasteiger partial charge < -0.3 is 10.6 Å². The zero-order valence-electron chi connectivity index (χ0n) is 17.1. The summed E-state index contributed by atoms with van der Waals surface area (Å²) in [6, 6.07) is 13.5. The number of hydrogen-bond donors (Lipinski definition) is 3. The van der Waals surface area contributed by atoms with Crippen LogP contribution in [0.15, 0.2) is 53.5 Å². The highest BCUT2D eigenvalue weighted by atomic mass is 32.2. The first kappa shape index (κ1) is 22.8. The molecule has 2 aromatic rings. The molecule has 0 fully saturated rings. The summed E-state index contributed by atoms with van der Waals surface area (Å²) >= 11 is 0. The van der Waals surface area contributed by atoms with Crippen LogP contribution in [0.3, 0.4) is 0 Å². The average Bonchev–Trinajstić information content (AvgIpc) is 2.65. The van der Waals surface area contributed by atoms with Crippen molar-refractivity contribution in [1.82, 2.24) is 15.4 Å². The fraction of sp³-hybridized carbons (Fsp3) is 0.381. The largest absolute Gasteiger partial charge is 0.357 e. The van der Waals surface area contributed by atoms with Gasteiger partial charge in [0.05, 0.1) is 12.3 Å². The lowest BCUT2D eigenvalue weighted by Gasteiger charge is -2.15. The van der Waals surface area contributed by atoms with Crippen LogP contribution in [0.4, 0.5) is 4.39 Å². The minimum atomic E-state index is -3.41. The van der Waals surface area contributed by atoms with E-state index in [1.807, 2.05) is 31.2 Å². The van der Waals surface area contributed by atoms with Crippen LogP contribution in [0, 0.1) is 5.82 Å². The van der Waals surface area contributed by atoms with Crippen molar-refractivity contribution in [2.24, 2.45) is 4.99 Å². The van der Waals surface area contributed by atoms with Crippen molar-refractivity contribution >= 4 is 16.0 Å². The van der Waals surface area contributed by atoms with E-state index in [1.54, 1.807) is 26.0 Å². The molecule has 0 atom stereocenters. The number of guanidine groups is 1. The summed E-state index contributed by atoms with van der Waals surface area (Å²) in [6.07, 6.45) is 0. The molecule has 29 heavy (non-hydrogen) atoms. The molecular weight excluding hydrogens is 391 g/mol. The molecule has 8 heteroatoms. The van der Waals surface area contributed by atoms with Gasteiger partial charge in [0, 0.05) is 19.1 Å². The van der Waals surface area contributed by atoms with Gasteiger partial charge in [-0.3, -0.25) is 0 Å². The molecule has 0 aromatic heterocycles. The summed E-state index contributed by atoms with van der Waals surface area (Å²) in [6.45, 7) is 7.08. The summed E-state index contributed by atoms with van der Waals surface area (Å²) in [5.41, 5.74) is 2.52. The van der Waals surface area contributed by atoms with Gasteiger partial charge >= 0.3 is 0 Å². The first-order valence-electron chi connectivity index (χ1n) is 9.62. The molecule has 6 nitrogen and oxygen atoms in total. The van der Waals surface area contributed by atoms with Crippen LogP contribution < -0.4 is 15.4 Å². The van der Waals surface area contributed by atoms with Gasteiger partial charge in [0.2, 0.25) is 10.0 Å². The lowest BCUT2D eigenvalue weighted by atomic mass is 10.1. The quantitative estimate of drug-likeness (QED) is 0.430. The number of hydrogen-bond acceptors (Lipinski definition) is 3. The van der Waals surface area contributed by atoms with Crippen molar-refractivity contribution in [3.8, 4) is 0 Å². The second-order valence-corrected chi connectivity index (χ2v) is 8.73. The van der Waals surface area contributed by atoms with Crippen LogP contribution >= 0.6 is 0 Å². The van der Waals surface area contributed by atoms with E-state index >= 15 is 0 Å². The average molecular weight is 421 g/mol. The van der Waals surface area contributed by atoms with Crippen molar-refractivity contribution in [1.29, 1.82) is 0 Å². The smallest absolute Gasteiger partial charge is 0.216 e. The summed E-state index contributed by atoms with van der Waals surface area (Å²) in [4.78, 5) is 4.51. The number of aliphatic imine (C=N–C) groups is 1. The first-order valence-corrected chi connectivity index (χ1v) is 11.3. The SMILES string of the molecule is CCNC(=NCc1ccc(F)cc1)NCc1ccccc1CS(=O)(=O)NC(C)C. The van der Waals surface area contributed by atoms with Gasteiger partial charge in [-0.1, -0.05) is 36.4 Å². The van der Waals surface area contributed by atoms with E-state index in [9.17, 15) is 12.8 Å². The Morgan fingerprint density at radius 1 is 1.03 bits per heavy atom. The molecule has 3 N–H and O–H groups in total. The normalized spacial score (nSPS) is 12.2. The molecule has 158 valence electrons. The van der Waals surface area contributed by atoms with Gasteiger partial charge in [0.1, 0.15) is 5.82 Å². The number of halogens is 1. The maximum Gasteiger partial charge on any atom is 0.216 e. The lowest BCUT2D eigenvalue weighted by Crippen LogP contribution is -2.37. The minimum absolute atomic E-state index is 0.0771. The Labute approximate surface area is 172 Å². The third-order valence-electron chi connectivity index (χ3n) is 4.00. The predicted molar refractivity (Wildman–Crippen MR) is 115 cm³/mol. The van der Waals surface area contributed by atoms with Crippen molar-refractivity contribution in [2.45, 2.75) is 45.7 Å². The first-order chi connectivity index (χ1) is 13.8. The highest BCUT2D eigenvalue weighted by Gasteiger charge is 2.15. The number of nitrogens with one attached hydrogen (secondary N) is 3. The van der Waals surface area contributed by atoms with E-state index in [0.717, 1.165) is 16.7 Å². The Bertz CT molecular complexity index is 913. The molecule has 0 spiro atoms. The van der Waals surface area contributed by atoms with E-state index in [2.05, 4.69) is 20.3 Å².